The summed E-state index contributed by atoms with van der Waals surface area (Å²) in [7, 11) is 0. The predicted octanol–water partition coefficient (Wildman–Crippen LogP) is 4.09. The van der Waals surface area contributed by atoms with Crippen LogP contribution in [0.5, 0.6) is 0 Å². The van der Waals surface area contributed by atoms with Gasteiger partial charge in [-0.3, -0.25) is 0 Å². The Labute approximate surface area is 213 Å². The number of H-pyrrole nitrogens is 1. The quantitative estimate of drug-likeness (QED) is 0.230. The van der Waals surface area contributed by atoms with E-state index in [0.29, 0.717) is 6.54 Å². The maximum absolute atomic E-state index is 5.82. The number of nitrogens with one attached hydrogen (secondary N) is 3. The van der Waals surface area contributed by atoms with Crippen molar-refractivity contribution in [1.29, 1.82) is 0 Å². The third-order valence-electron chi connectivity index (χ3n) is 5.68. The largest absolute Gasteiger partial charge is 0.372 e. The third-order valence-corrected chi connectivity index (χ3v) is 5.68. The van der Waals surface area contributed by atoms with Crippen molar-refractivity contribution in [3.8, 4) is 0 Å². The Morgan fingerprint density at radius 1 is 1.15 bits per heavy atom. The van der Waals surface area contributed by atoms with Gasteiger partial charge in [0.25, 0.3) is 0 Å². The zero-order valence-corrected chi connectivity index (χ0v) is 22.0. The molecule has 3 aromatic rings. The molecule has 4 rings (SSSR count). The molecule has 1 fully saturated rings. The van der Waals surface area contributed by atoms with E-state index < -0.39 is 0 Å². The van der Waals surface area contributed by atoms with Gasteiger partial charge in [0.1, 0.15) is 5.82 Å². The normalized spacial score (nSPS) is 18.8. The van der Waals surface area contributed by atoms with Gasteiger partial charge >= 0.3 is 0 Å². The van der Waals surface area contributed by atoms with Crippen molar-refractivity contribution in [2.45, 2.75) is 45.9 Å². The summed E-state index contributed by atoms with van der Waals surface area (Å²) in [5.74, 6) is 1.83. The lowest BCUT2D eigenvalue weighted by Gasteiger charge is -2.36. The standard InChI is InChI=1S/C25H34N6O.HI/c1-4-26-25(27-12-11-21-15-28-23-8-6-5-7-22(21)23)30-14-20-9-10-24(29-13-20)31-16-18(2)32-19(3)17-31;/h5-10,13,15,18-19,28H,4,11-12,14,16-17H2,1-3H3,(H2,26,27,30);1H. The van der Waals surface area contributed by atoms with Crippen LogP contribution in [0.1, 0.15) is 31.9 Å². The van der Waals surface area contributed by atoms with Crippen LogP contribution in [0.2, 0.25) is 0 Å². The molecule has 0 bridgehead atoms. The van der Waals surface area contributed by atoms with Crippen molar-refractivity contribution < 1.29 is 4.74 Å². The minimum atomic E-state index is 0. The highest BCUT2D eigenvalue weighted by atomic mass is 127. The van der Waals surface area contributed by atoms with E-state index in [4.69, 9.17) is 9.73 Å². The van der Waals surface area contributed by atoms with E-state index in [1.165, 1.54) is 16.5 Å². The SMILES string of the molecule is CCNC(=NCc1ccc(N2CC(C)OC(C)C2)nc1)NCCc1c[nH]c2ccccc12.I. The van der Waals surface area contributed by atoms with Gasteiger partial charge in [-0.2, -0.15) is 0 Å². The van der Waals surface area contributed by atoms with Crippen molar-refractivity contribution in [3.05, 3.63) is 59.9 Å². The molecular formula is C25H35IN6O. The maximum atomic E-state index is 5.82. The second-order valence-corrected chi connectivity index (χ2v) is 8.42. The lowest BCUT2D eigenvalue weighted by molar-refractivity contribution is -0.00545. The van der Waals surface area contributed by atoms with Crippen LogP contribution in [0, 0.1) is 0 Å². The number of aromatic nitrogens is 2. The molecule has 1 aromatic carbocycles. The summed E-state index contributed by atoms with van der Waals surface area (Å²) in [6.07, 6.45) is 5.41. The second-order valence-electron chi connectivity index (χ2n) is 8.42. The van der Waals surface area contributed by atoms with Crippen LogP contribution in [0.3, 0.4) is 0 Å². The van der Waals surface area contributed by atoms with Crippen molar-refractivity contribution in [3.63, 3.8) is 0 Å². The molecule has 1 saturated heterocycles. The van der Waals surface area contributed by atoms with Gasteiger partial charge in [0.2, 0.25) is 0 Å². The van der Waals surface area contributed by atoms with Crippen molar-refractivity contribution in [2.24, 2.45) is 4.99 Å². The fourth-order valence-corrected chi connectivity index (χ4v) is 4.23. The zero-order valence-electron chi connectivity index (χ0n) is 19.7. The van der Waals surface area contributed by atoms with Crippen LogP contribution >= 0.6 is 24.0 Å². The lowest BCUT2D eigenvalue weighted by atomic mass is 10.1. The van der Waals surface area contributed by atoms with Gasteiger partial charge in [0, 0.05) is 49.5 Å². The number of para-hydroxylation sites is 1. The number of hydrogen-bond donors (Lipinski definition) is 3. The number of morpholine rings is 1. The number of fused-ring (bicyclic) bond motifs is 1. The molecule has 178 valence electrons. The Bertz CT molecular complexity index is 1020. The number of rotatable bonds is 7. The van der Waals surface area contributed by atoms with E-state index in [1.54, 1.807) is 0 Å². The number of halogens is 1. The number of pyridine rings is 1. The smallest absolute Gasteiger partial charge is 0.191 e. The first-order valence-corrected chi connectivity index (χ1v) is 11.5. The molecule has 0 aliphatic carbocycles. The van der Waals surface area contributed by atoms with Gasteiger partial charge in [-0.05, 0) is 50.5 Å². The Kier molecular flexibility index (Phi) is 9.37. The number of aromatic amines is 1. The first-order chi connectivity index (χ1) is 15.6. The number of benzene rings is 1. The van der Waals surface area contributed by atoms with E-state index in [1.807, 2.05) is 6.20 Å². The van der Waals surface area contributed by atoms with Crippen LogP contribution in [0.15, 0.2) is 53.8 Å². The molecule has 0 spiro atoms. The molecule has 1 aliphatic rings. The summed E-state index contributed by atoms with van der Waals surface area (Å²) < 4.78 is 5.82. The van der Waals surface area contributed by atoms with Crippen molar-refractivity contribution in [1.82, 2.24) is 20.6 Å². The molecule has 3 heterocycles. The van der Waals surface area contributed by atoms with Gasteiger partial charge in [0.15, 0.2) is 5.96 Å². The van der Waals surface area contributed by atoms with Gasteiger partial charge in [-0.15, -0.1) is 24.0 Å². The van der Waals surface area contributed by atoms with Crippen LogP contribution in [-0.4, -0.2) is 54.3 Å². The second kappa shape index (κ2) is 12.2. The molecule has 0 saturated carbocycles. The Morgan fingerprint density at radius 2 is 1.94 bits per heavy atom. The molecule has 1 aliphatic heterocycles. The number of anilines is 1. The fourth-order valence-electron chi connectivity index (χ4n) is 4.23. The first kappa shape index (κ1) is 25.3. The fraction of sp³-hybridized carbons (Fsp3) is 0.440. The number of ether oxygens (including phenoxy) is 1. The number of hydrogen-bond acceptors (Lipinski definition) is 4. The van der Waals surface area contributed by atoms with Crippen LogP contribution in [0.25, 0.3) is 10.9 Å². The molecule has 7 nitrogen and oxygen atoms in total. The van der Waals surface area contributed by atoms with Gasteiger partial charge < -0.3 is 25.3 Å². The minimum Gasteiger partial charge on any atom is -0.372 e. The highest BCUT2D eigenvalue weighted by molar-refractivity contribution is 14.0. The summed E-state index contributed by atoms with van der Waals surface area (Å²) >= 11 is 0. The molecule has 33 heavy (non-hydrogen) atoms. The van der Waals surface area contributed by atoms with Crippen LogP contribution in [-0.2, 0) is 17.7 Å². The Hall–Kier alpha value is -2.33. The molecule has 3 N–H and O–H groups in total. The summed E-state index contributed by atoms with van der Waals surface area (Å²) in [5.41, 5.74) is 3.59. The first-order valence-electron chi connectivity index (χ1n) is 11.5. The molecule has 2 unspecified atom stereocenters. The molecule has 0 amide bonds. The average Bonchev–Trinajstić information content (AvgIpc) is 3.20. The molecular weight excluding hydrogens is 527 g/mol. The summed E-state index contributed by atoms with van der Waals surface area (Å²) in [5, 5.41) is 8.06. The van der Waals surface area contributed by atoms with E-state index in [-0.39, 0.29) is 36.2 Å². The van der Waals surface area contributed by atoms with Gasteiger partial charge in [-0.1, -0.05) is 24.3 Å². The zero-order chi connectivity index (χ0) is 22.3. The average molecular weight is 563 g/mol. The summed E-state index contributed by atoms with van der Waals surface area (Å²) in [6, 6.07) is 12.6. The number of nitrogens with zero attached hydrogens (tertiary/aromatic N) is 3. The minimum absolute atomic E-state index is 0. The highest BCUT2D eigenvalue weighted by Crippen LogP contribution is 2.19. The molecule has 8 heteroatoms. The van der Waals surface area contributed by atoms with Gasteiger partial charge in [0.05, 0.1) is 18.8 Å². The Balaban J connectivity index is 0.00000306. The highest BCUT2D eigenvalue weighted by Gasteiger charge is 2.22. The van der Waals surface area contributed by atoms with Crippen LogP contribution in [0.4, 0.5) is 5.82 Å². The van der Waals surface area contributed by atoms with E-state index in [0.717, 1.165) is 49.9 Å². The monoisotopic (exact) mass is 562 g/mol. The third kappa shape index (κ3) is 6.83. The topological polar surface area (TPSA) is 77.6 Å². The van der Waals surface area contributed by atoms with Gasteiger partial charge in [-0.25, -0.2) is 9.98 Å². The summed E-state index contributed by atoms with van der Waals surface area (Å²) in [6.45, 7) is 10.3. The number of guanidine groups is 1. The van der Waals surface area contributed by atoms with E-state index in [9.17, 15) is 0 Å². The summed E-state index contributed by atoms with van der Waals surface area (Å²) in [4.78, 5) is 15.1. The maximum Gasteiger partial charge on any atom is 0.191 e. The van der Waals surface area contributed by atoms with Crippen LogP contribution < -0.4 is 15.5 Å². The lowest BCUT2D eigenvalue weighted by Crippen LogP contribution is -2.45. The van der Waals surface area contributed by atoms with E-state index >= 15 is 0 Å². The van der Waals surface area contributed by atoms with Crippen molar-refractivity contribution in [2.75, 3.05) is 31.1 Å². The molecule has 0 radical (unpaired) electrons. The predicted molar refractivity (Wildman–Crippen MR) is 147 cm³/mol. The van der Waals surface area contributed by atoms with Crippen molar-refractivity contribution >= 4 is 46.7 Å². The molecule has 2 aromatic heterocycles. The molecule has 2 atom stereocenters. The number of aliphatic imine (C=N–C) groups is 1. The Morgan fingerprint density at radius 3 is 2.67 bits per heavy atom. The van der Waals surface area contributed by atoms with E-state index in [2.05, 4.69) is 88.9 Å².